The zero-order valence-corrected chi connectivity index (χ0v) is 12.1. The summed E-state index contributed by atoms with van der Waals surface area (Å²) < 4.78 is 1.66. The molecular formula is C14H15ClN4O2. The Hall–Kier alpha value is -1.95. The molecule has 110 valence electrons. The number of fused-ring (bicyclic) bond motifs is 1. The van der Waals surface area contributed by atoms with Gasteiger partial charge in [0, 0.05) is 11.6 Å². The fraction of sp³-hybridized carbons (Fsp3) is 0.429. The van der Waals surface area contributed by atoms with Crippen LogP contribution in [-0.4, -0.2) is 26.7 Å². The first-order chi connectivity index (χ1) is 10.1. The average molecular weight is 307 g/mol. The smallest absolute Gasteiger partial charge is 0.243 e. The van der Waals surface area contributed by atoms with E-state index in [1.165, 1.54) is 0 Å². The minimum absolute atomic E-state index is 0.0785. The molecule has 0 atom stereocenters. The first-order valence-electron chi connectivity index (χ1n) is 6.88. The molecule has 6 nitrogen and oxygen atoms in total. The molecule has 2 aromatic heterocycles. The van der Waals surface area contributed by atoms with Gasteiger partial charge in [0.15, 0.2) is 6.29 Å². The summed E-state index contributed by atoms with van der Waals surface area (Å²) in [6.07, 6.45) is 6.31. The van der Waals surface area contributed by atoms with Crippen molar-refractivity contribution >= 4 is 34.8 Å². The van der Waals surface area contributed by atoms with E-state index in [0.717, 1.165) is 25.5 Å². The van der Waals surface area contributed by atoms with Gasteiger partial charge in [-0.2, -0.15) is 4.98 Å². The second-order valence-corrected chi connectivity index (χ2v) is 5.74. The highest BCUT2D eigenvalue weighted by Gasteiger charge is 2.42. The Kier molecular flexibility index (Phi) is 3.41. The number of primary amides is 1. The van der Waals surface area contributed by atoms with Gasteiger partial charge in [0.1, 0.15) is 11.2 Å². The lowest BCUT2D eigenvalue weighted by atomic mass is 9.80. The molecule has 7 heteroatoms. The third kappa shape index (κ3) is 2.10. The summed E-state index contributed by atoms with van der Waals surface area (Å²) in [4.78, 5) is 31.7. The van der Waals surface area contributed by atoms with E-state index >= 15 is 0 Å². The van der Waals surface area contributed by atoms with E-state index < -0.39 is 11.4 Å². The van der Waals surface area contributed by atoms with Crippen molar-refractivity contribution < 1.29 is 9.59 Å². The molecule has 0 radical (unpaired) electrons. The minimum atomic E-state index is -0.909. The van der Waals surface area contributed by atoms with Crippen molar-refractivity contribution in [3.63, 3.8) is 0 Å². The van der Waals surface area contributed by atoms with Gasteiger partial charge in [-0.3, -0.25) is 9.59 Å². The number of nitrogens with two attached hydrogens (primary N) is 1. The molecule has 0 aliphatic heterocycles. The molecule has 1 aliphatic carbocycles. The summed E-state index contributed by atoms with van der Waals surface area (Å²) in [6.45, 7) is 0. The van der Waals surface area contributed by atoms with Crippen LogP contribution >= 0.6 is 11.6 Å². The van der Waals surface area contributed by atoms with Crippen LogP contribution in [0.3, 0.4) is 0 Å². The third-order valence-electron chi connectivity index (χ3n) is 4.23. The number of carbonyl (C=O) groups excluding carboxylic acids is 2. The van der Waals surface area contributed by atoms with Crippen molar-refractivity contribution in [3.8, 4) is 0 Å². The Balaban J connectivity index is 2.32. The first kappa shape index (κ1) is 14.0. The highest BCUT2D eigenvalue weighted by atomic mass is 35.5. The van der Waals surface area contributed by atoms with Gasteiger partial charge < -0.3 is 10.3 Å². The Morgan fingerprint density at radius 3 is 2.71 bits per heavy atom. The van der Waals surface area contributed by atoms with Gasteiger partial charge in [0.25, 0.3) is 0 Å². The van der Waals surface area contributed by atoms with E-state index in [1.54, 1.807) is 16.8 Å². The van der Waals surface area contributed by atoms with E-state index in [4.69, 9.17) is 17.3 Å². The number of nitrogens with zero attached hydrogens (tertiary/aromatic N) is 3. The van der Waals surface area contributed by atoms with Gasteiger partial charge in [-0.05, 0) is 30.5 Å². The lowest BCUT2D eigenvalue weighted by molar-refractivity contribution is -0.128. The maximum absolute atomic E-state index is 12.2. The van der Waals surface area contributed by atoms with Crippen LogP contribution in [0, 0.1) is 0 Å². The zero-order valence-electron chi connectivity index (χ0n) is 11.4. The second kappa shape index (κ2) is 5.11. The van der Waals surface area contributed by atoms with Crippen molar-refractivity contribution in [2.45, 2.75) is 37.6 Å². The number of rotatable bonds is 3. The number of aromatic nitrogens is 3. The van der Waals surface area contributed by atoms with Crippen molar-refractivity contribution in [3.05, 3.63) is 23.2 Å². The predicted octanol–water partition coefficient (Wildman–Crippen LogP) is 2.04. The maximum Gasteiger partial charge on any atom is 0.243 e. The Morgan fingerprint density at radius 2 is 2.10 bits per heavy atom. The number of hydrogen-bond donors (Lipinski definition) is 1. The highest BCUT2D eigenvalue weighted by molar-refractivity contribution is 6.28. The number of hydrogen-bond acceptors (Lipinski definition) is 4. The molecule has 1 amide bonds. The van der Waals surface area contributed by atoms with Gasteiger partial charge in [-0.1, -0.05) is 19.3 Å². The van der Waals surface area contributed by atoms with Crippen LogP contribution < -0.4 is 5.73 Å². The molecule has 21 heavy (non-hydrogen) atoms. The summed E-state index contributed by atoms with van der Waals surface area (Å²) in [5.41, 5.74) is 5.65. The van der Waals surface area contributed by atoms with Crippen LogP contribution in [0.2, 0.25) is 5.28 Å². The largest absolute Gasteiger partial charge is 0.368 e. The summed E-state index contributed by atoms with van der Waals surface area (Å²) >= 11 is 5.87. The van der Waals surface area contributed by atoms with Crippen LogP contribution in [0.25, 0.3) is 11.0 Å². The number of carbonyl (C=O) groups is 2. The Bertz CT molecular complexity index is 719. The standard InChI is InChI=1S/C14H15ClN4O2/c15-13-17-7-9-6-10(8-20)19(11(9)18-13)14(12(16)21)4-2-1-3-5-14/h6-8H,1-5H2,(H2,16,21). The van der Waals surface area contributed by atoms with Crippen molar-refractivity contribution in [2.75, 3.05) is 0 Å². The molecule has 2 N–H and O–H groups in total. The number of aldehydes is 1. The van der Waals surface area contributed by atoms with Crippen LogP contribution in [-0.2, 0) is 10.3 Å². The van der Waals surface area contributed by atoms with E-state index in [-0.39, 0.29) is 5.28 Å². The topological polar surface area (TPSA) is 90.9 Å². The first-order valence-corrected chi connectivity index (χ1v) is 7.26. The van der Waals surface area contributed by atoms with Gasteiger partial charge in [0.05, 0.1) is 5.69 Å². The summed E-state index contributed by atoms with van der Waals surface area (Å²) in [5, 5.41) is 0.752. The second-order valence-electron chi connectivity index (χ2n) is 5.40. The van der Waals surface area contributed by atoms with Gasteiger partial charge in [-0.25, -0.2) is 4.98 Å². The van der Waals surface area contributed by atoms with Gasteiger partial charge in [0.2, 0.25) is 11.2 Å². The molecule has 0 saturated heterocycles. The predicted molar refractivity (Wildman–Crippen MR) is 78.2 cm³/mol. The molecule has 0 aromatic carbocycles. The fourth-order valence-corrected chi connectivity index (χ4v) is 3.37. The summed E-state index contributed by atoms with van der Waals surface area (Å²) in [5.74, 6) is -0.433. The lowest BCUT2D eigenvalue weighted by Crippen LogP contribution is -2.48. The van der Waals surface area contributed by atoms with E-state index in [2.05, 4.69) is 9.97 Å². The monoisotopic (exact) mass is 306 g/mol. The normalized spacial score (nSPS) is 17.8. The molecule has 2 aromatic rings. The SMILES string of the molecule is NC(=O)C1(n2c(C=O)cc3cnc(Cl)nc32)CCCCC1. The molecule has 0 spiro atoms. The molecule has 1 saturated carbocycles. The Labute approximate surface area is 126 Å². The fourth-order valence-electron chi connectivity index (χ4n) is 3.24. The molecular weight excluding hydrogens is 292 g/mol. The van der Waals surface area contributed by atoms with Crippen molar-refractivity contribution in [1.29, 1.82) is 0 Å². The van der Waals surface area contributed by atoms with Gasteiger partial charge in [-0.15, -0.1) is 0 Å². The molecule has 2 heterocycles. The van der Waals surface area contributed by atoms with Crippen LogP contribution in [0.5, 0.6) is 0 Å². The molecule has 0 bridgehead atoms. The zero-order chi connectivity index (χ0) is 15.0. The van der Waals surface area contributed by atoms with E-state index in [9.17, 15) is 9.59 Å². The highest BCUT2D eigenvalue weighted by Crippen LogP contribution is 2.38. The third-order valence-corrected chi connectivity index (χ3v) is 4.41. The summed E-state index contributed by atoms with van der Waals surface area (Å²) in [6, 6.07) is 1.66. The molecule has 1 fully saturated rings. The number of halogens is 1. The van der Waals surface area contributed by atoms with Crippen molar-refractivity contribution in [1.82, 2.24) is 14.5 Å². The van der Waals surface area contributed by atoms with Gasteiger partial charge >= 0.3 is 0 Å². The van der Waals surface area contributed by atoms with E-state index in [0.29, 0.717) is 29.6 Å². The Morgan fingerprint density at radius 1 is 1.38 bits per heavy atom. The van der Waals surface area contributed by atoms with Crippen LogP contribution in [0.4, 0.5) is 0 Å². The molecule has 1 aliphatic rings. The quantitative estimate of drug-likeness (QED) is 0.694. The maximum atomic E-state index is 12.2. The molecule has 3 rings (SSSR count). The number of amides is 1. The van der Waals surface area contributed by atoms with Crippen molar-refractivity contribution in [2.24, 2.45) is 5.73 Å². The average Bonchev–Trinajstić information content (AvgIpc) is 2.85. The molecule has 0 unspecified atom stereocenters. The minimum Gasteiger partial charge on any atom is -0.368 e. The van der Waals surface area contributed by atoms with Crippen LogP contribution in [0.15, 0.2) is 12.3 Å². The van der Waals surface area contributed by atoms with E-state index in [1.807, 2.05) is 0 Å². The lowest BCUT2D eigenvalue weighted by Gasteiger charge is -2.36. The summed E-state index contributed by atoms with van der Waals surface area (Å²) in [7, 11) is 0. The van der Waals surface area contributed by atoms with Crippen LogP contribution in [0.1, 0.15) is 42.6 Å².